The summed E-state index contributed by atoms with van der Waals surface area (Å²) in [6, 6.07) is 23.3. The molecule has 156 valence electrons. The third-order valence-electron chi connectivity index (χ3n) is 5.51. The normalized spacial score (nSPS) is 11.5. The number of carbonyl (C=O) groups is 1. The van der Waals surface area contributed by atoms with E-state index in [0.717, 1.165) is 22.4 Å². The lowest BCUT2D eigenvalue weighted by Gasteiger charge is -2.19. The molecule has 1 heterocycles. The first-order chi connectivity index (χ1) is 14.8. The number of fused-ring (bicyclic) bond motifs is 1. The Balaban J connectivity index is 1.83. The Kier molecular flexibility index (Phi) is 5.24. The van der Waals surface area contributed by atoms with Crippen molar-refractivity contribution in [1.29, 1.82) is 0 Å². The molecule has 0 radical (unpaired) electrons. The van der Waals surface area contributed by atoms with Gasteiger partial charge in [-0.3, -0.25) is 0 Å². The standard InChI is InChI=1S/C27H25NO3/c1-27(2,3)20-10-5-17(6-11-20)19-9-14-22-23(26(29)30)16-24(28-25(22)15-19)18-7-12-21(31-4)13-8-18/h5-16H,1-4H3,(H,29,30). The Morgan fingerprint density at radius 2 is 1.45 bits per heavy atom. The number of hydrogen-bond acceptors (Lipinski definition) is 3. The predicted octanol–water partition coefficient (Wildman–Crippen LogP) is 6.57. The lowest BCUT2D eigenvalue weighted by atomic mass is 9.86. The van der Waals surface area contributed by atoms with E-state index in [9.17, 15) is 9.90 Å². The number of carboxylic acids is 1. The van der Waals surface area contributed by atoms with Gasteiger partial charge in [-0.05, 0) is 58.5 Å². The number of aromatic nitrogens is 1. The van der Waals surface area contributed by atoms with Gasteiger partial charge in [-0.2, -0.15) is 0 Å². The van der Waals surface area contributed by atoms with E-state index < -0.39 is 5.97 Å². The van der Waals surface area contributed by atoms with Crippen molar-refractivity contribution >= 4 is 16.9 Å². The van der Waals surface area contributed by atoms with Gasteiger partial charge in [0.1, 0.15) is 5.75 Å². The Morgan fingerprint density at radius 1 is 0.839 bits per heavy atom. The molecule has 4 heteroatoms. The van der Waals surface area contributed by atoms with E-state index in [1.807, 2.05) is 42.5 Å². The van der Waals surface area contributed by atoms with Crippen LogP contribution < -0.4 is 4.74 Å². The first-order valence-electron chi connectivity index (χ1n) is 10.2. The monoisotopic (exact) mass is 411 g/mol. The smallest absolute Gasteiger partial charge is 0.336 e. The summed E-state index contributed by atoms with van der Waals surface area (Å²) in [5, 5.41) is 10.4. The van der Waals surface area contributed by atoms with Gasteiger partial charge in [0.15, 0.2) is 0 Å². The number of pyridine rings is 1. The number of benzene rings is 3. The van der Waals surface area contributed by atoms with Crippen molar-refractivity contribution in [2.24, 2.45) is 0 Å². The highest BCUT2D eigenvalue weighted by Crippen LogP contribution is 2.31. The zero-order valence-electron chi connectivity index (χ0n) is 18.1. The van der Waals surface area contributed by atoms with Gasteiger partial charge in [0.05, 0.1) is 23.9 Å². The molecule has 0 unspecified atom stereocenters. The van der Waals surface area contributed by atoms with Crippen molar-refractivity contribution in [1.82, 2.24) is 4.98 Å². The maximum Gasteiger partial charge on any atom is 0.336 e. The molecular weight excluding hydrogens is 386 g/mol. The first-order valence-corrected chi connectivity index (χ1v) is 10.2. The second-order valence-corrected chi connectivity index (χ2v) is 8.65. The van der Waals surface area contributed by atoms with E-state index in [4.69, 9.17) is 9.72 Å². The predicted molar refractivity (Wildman–Crippen MR) is 125 cm³/mol. The average molecular weight is 412 g/mol. The Hall–Kier alpha value is -3.66. The van der Waals surface area contributed by atoms with Crippen molar-refractivity contribution in [2.45, 2.75) is 26.2 Å². The molecule has 0 saturated carbocycles. The Bertz CT molecular complexity index is 1250. The molecule has 3 aromatic carbocycles. The maximum atomic E-state index is 11.9. The Morgan fingerprint density at radius 3 is 2.03 bits per heavy atom. The summed E-state index contributed by atoms with van der Waals surface area (Å²) in [6.45, 7) is 6.57. The molecule has 4 rings (SSSR count). The molecule has 1 N–H and O–H groups in total. The van der Waals surface area contributed by atoms with E-state index in [1.165, 1.54) is 5.56 Å². The third kappa shape index (κ3) is 4.15. The van der Waals surface area contributed by atoms with E-state index in [0.29, 0.717) is 16.6 Å². The topological polar surface area (TPSA) is 59.4 Å². The van der Waals surface area contributed by atoms with Crippen molar-refractivity contribution < 1.29 is 14.6 Å². The van der Waals surface area contributed by atoms with Gasteiger partial charge < -0.3 is 9.84 Å². The second-order valence-electron chi connectivity index (χ2n) is 8.65. The molecule has 31 heavy (non-hydrogen) atoms. The molecular formula is C27H25NO3. The molecule has 4 nitrogen and oxygen atoms in total. The van der Waals surface area contributed by atoms with E-state index in [-0.39, 0.29) is 11.0 Å². The number of carboxylic acid groups (broad SMARTS) is 1. The van der Waals surface area contributed by atoms with Crippen LogP contribution in [0.5, 0.6) is 5.75 Å². The number of hydrogen-bond donors (Lipinski definition) is 1. The number of methoxy groups -OCH3 is 1. The summed E-state index contributed by atoms with van der Waals surface area (Å²) in [5.41, 5.74) is 5.79. The first kappa shape index (κ1) is 20.6. The number of rotatable bonds is 4. The molecule has 0 aliphatic rings. The van der Waals surface area contributed by atoms with Gasteiger partial charge in [0.25, 0.3) is 0 Å². The number of nitrogens with zero attached hydrogens (tertiary/aromatic N) is 1. The van der Waals surface area contributed by atoms with Gasteiger partial charge in [0.2, 0.25) is 0 Å². The van der Waals surface area contributed by atoms with Crippen molar-refractivity contribution in [3.8, 4) is 28.1 Å². The zero-order chi connectivity index (χ0) is 22.2. The van der Waals surface area contributed by atoms with Gasteiger partial charge in [-0.25, -0.2) is 9.78 Å². The highest BCUT2D eigenvalue weighted by molar-refractivity contribution is 6.04. The quantitative estimate of drug-likeness (QED) is 0.412. The summed E-state index contributed by atoms with van der Waals surface area (Å²) < 4.78 is 5.22. The van der Waals surface area contributed by atoms with E-state index in [2.05, 4.69) is 45.0 Å². The fourth-order valence-corrected chi connectivity index (χ4v) is 3.66. The van der Waals surface area contributed by atoms with Crippen LogP contribution in [-0.2, 0) is 5.41 Å². The largest absolute Gasteiger partial charge is 0.497 e. The van der Waals surface area contributed by atoms with Crippen LogP contribution in [0.4, 0.5) is 0 Å². The zero-order valence-corrected chi connectivity index (χ0v) is 18.1. The summed E-state index contributed by atoms with van der Waals surface area (Å²) in [5.74, 6) is -0.228. The summed E-state index contributed by atoms with van der Waals surface area (Å²) >= 11 is 0. The molecule has 0 atom stereocenters. The SMILES string of the molecule is COc1ccc(-c2cc(C(=O)O)c3ccc(-c4ccc(C(C)(C)C)cc4)cc3n2)cc1. The van der Waals surface area contributed by atoms with Gasteiger partial charge in [0, 0.05) is 10.9 Å². The molecule has 0 fully saturated rings. The molecule has 0 spiro atoms. The van der Waals surface area contributed by atoms with E-state index >= 15 is 0 Å². The minimum atomic E-state index is -0.968. The molecule has 0 saturated heterocycles. The van der Waals surface area contributed by atoms with Crippen LogP contribution in [0, 0.1) is 0 Å². The minimum Gasteiger partial charge on any atom is -0.497 e. The van der Waals surface area contributed by atoms with Crippen molar-refractivity contribution in [3.63, 3.8) is 0 Å². The molecule has 0 bridgehead atoms. The van der Waals surface area contributed by atoms with Crippen LogP contribution in [0.1, 0.15) is 36.7 Å². The summed E-state index contributed by atoms with van der Waals surface area (Å²) in [4.78, 5) is 16.7. The fourth-order valence-electron chi connectivity index (χ4n) is 3.66. The molecule has 1 aromatic heterocycles. The minimum absolute atomic E-state index is 0.0904. The molecule has 4 aromatic rings. The lowest BCUT2D eigenvalue weighted by Crippen LogP contribution is -2.10. The highest BCUT2D eigenvalue weighted by Gasteiger charge is 2.15. The van der Waals surface area contributed by atoms with Crippen LogP contribution in [0.2, 0.25) is 0 Å². The maximum absolute atomic E-state index is 11.9. The average Bonchev–Trinajstić information content (AvgIpc) is 2.77. The lowest BCUT2D eigenvalue weighted by molar-refractivity contribution is 0.0699. The highest BCUT2D eigenvalue weighted by atomic mass is 16.5. The van der Waals surface area contributed by atoms with Gasteiger partial charge >= 0.3 is 5.97 Å². The van der Waals surface area contributed by atoms with Crippen LogP contribution in [0.3, 0.4) is 0 Å². The molecule has 0 amide bonds. The van der Waals surface area contributed by atoms with Crippen molar-refractivity contribution in [2.75, 3.05) is 7.11 Å². The third-order valence-corrected chi connectivity index (χ3v) is 5.51. The van der Waals surface area contributed by atoms with Gasteiger partial charge in [-0.15, -0.1) is 0 Å². The Labute approximate surface area is 182 Å². The fraction of sp³-hybridized carbons (Fsp3) is 0.185. The molecule has 0 aliphatic carbocycles. The van der Waals surface area contributed by atoms with Crippen LogP contribution in [0.25, 0.3) is 33.3 Å². The van der Waals surface area contributed by atoms with Crippen LogP contribution in [-0.4, -0.2) is 23.2 Å². The number of aromatic carboxylic acids is 1. The van der Waals surface area contributed by atoms with Crippen LogP contribution in [0.15, 0.2) is 72.8 Å². The molecule has 0 aliphatic heterocycles. The van der Waals surface area contributed by atoms with E-state index in [1.54, 1.807) is 13.2 Å². The van der Waals surface area contributed by atoms with Gasteiger partial charge in [-0.1, -0.05) is 57.2 Å². The number of ether oxygens (including phenoxy) is 1. The second kappa shape index (κ2) is 7.88. The van der Waals surface area contributed by atoms with Crippen LogP contribution >= 0.6 is 0 Å². The van der Waals surface area contributed by atoms with Crippen molar-refractivity contribution in [3.05, 3.63) is 83.9 Å². The summed E-state index contributed by atoms with van der Waals surface area (Å²) in [6.07, 6.45) is 0. The summed E-state index contributed by atoms with van der Waals surface area (Å²) in [7, 11) is 1.61.